The molecule has 0 amide bonds. The van der Waals surface area contributed by atoms with E-state index in [9.17, 15) is 0 Å². The highest BCUT2D eigenvalue weighted by Gasteiger charge is 2.16. The molecule has 1 aliphatic heterocycles. The summed E-state index contributed by atoms with van der Waals surface area (Å²) >= 11 is 0. The van der Waals surface area contributed by atoms with Gasteiger partial charge in [0, 0.05) is 30.9 Å². The summed E-state index contributed by atoms with van der Waals surface area (Å²) < 4.78 is 5.22. The Bertz CT molecular complexity index is 319. The number of ether oxygens (including phenoxy) is 1. The van der Waals surface area contributed by atoms with Crippen LogP contribution in [0, 0.1) is 0 Å². The number of anilines is 1. The molecule has 0 atom stereocenters. The van der Waals surface area contributed by atoms with E-state index in [1.165, 1.54) is 5.69 Å². The number of benzene rings is 1. The molecule has 0 saturated carbocycles. The lowest BCUT2D eigenvalue weighted by Crippen LogP contribution is -2.39. The van der Waals surface area contributed by atoms with Gasteiger partial charge in [0.1, 0.15) is 5.75 Å². The van der Waals surface area contributed by atoms with Crippen molar-refractivity contribution in [3.05, 3.63) is 24.3 Å². The monoisotopic (exact) mass is 206 g/mol. The minimum Gasteiger partial charge on any atom is -0.497 e. The van der Waals surface area contributed by atoms with Crippen LogP contribution >= 0.6 is 0 Å². The van der Waals surface area contributed by atoms with Crippen LogP contribution in [-0.2, 0) is 0 Å². The number of hydrogen-bond acceptors (Lipinski definition) is 3. The van der Waals surface area contributed by atoms with E-state index in [-0.39, 0.29) is 0 Å². The Labute approximate surface area is 90.8 Å². The van der Waals surface area contributed by atoms with Gasteiger partial charge in [-0.2, -0.15) is 0 Å². The molecule has 82 valence electrons. The van der Waals surface area contributed by atoms with Crippen molar-refractivity contribution in [1.29, 1.82) is 0 Å². The zero-order chi connectivity index (χ0) is 10.7. The van der Waals surface area contributed by atoms with Crippen LogP contribution in [-0.4, -0.2) is 26.2 Å². The maximum Gasteiger partial charge on any atom is 0.120 e. The van der Waals surface area contributed by atoms with Crippen molar-refractivity contribution in [3.8, 4) is 5.75 Å². The Morgan fingerprint density at radius 1 is 1.33 bits per heavy atom. The van der Waals surface area contributed by atoms with Crippen LogP contribution in [0.3, 0.4) is 0 Å². The summed E-state index contributed by atoms with van der Waals surface area (Å²) in [6.45, 7) is 2.10. The predicted octanol–water partition coefficient (Wildman–Crippen LogP) is 1.62. The topological polar surface area (TPSA) is 38.5 Å². The van der Waals surface area contributed by atoms with Gasteiger partial charge in [-0.05, 0) is 25.0 Å². The van der Waals surface area contributed by atoms with E-state index >= 15 is 0 Å². The number of piperidine rings is 1. The minimum atomic E-state index is 0.381. The highest BCUT2D eigenvalue weighted by Crippen LogP contribution is 2.23. The molecule has 0 unspecified atom stereocenters. The van der Waals surface area contributed by atoms with Gasteiger partial charge in [0.05, 0.1) is 7.11 Å². The van der Waals surface area contributed by atoms with Crippen molar-refractivity contribution in [1.82, 2.24) is 0 Å². The summed E-state index contributed by atoms with van der Waals surface area (Å²) in [5.74, 6) is 0.919. The molecule has 1 fully saturated rings. The van der Waals surface area contributed by atoms with Gasteiger partial charge in [-0.3, -0.25) is 0 Å². The Morgan fingerprint density at radius 3 is 2.73 bits per heavy atom. The van der Waals surface area contributed by atoms with E-state index in [4.69, 9.17) is 10.5 Å². The molecule has 1 aliphatic rings. The molecule has 0 aromatic heterocycles. The average molecular weight is 206 g/mol. The Hall–Kier alpha value is -1.22. The van der Waals surface area contributed by atoms with Crippen molar-refractivity contribution in [2.45, 2.75) is 18.9 Å². The average Bonchev–Trinajstić information content (AvgIpc) is 2.30. The minimum absolute atomic E-state index is 0.381. The summed E-state index contributed by atoms with van der Waals surface area (Å²) in [5.41, 5.74) is 7.12. The third-order valence-corrected chi connectivity index (χ3v) is 2.96. The number of methoxy groups -OCH3 is 1. The highest BCUT2D eigenvalue weighted by molar-refractivity contribution is 5.51. The van der Waals surface area contributed by atoms with E-state index < -0.39 is 0 Å². The second-order valence-corrected chi connectivity index (χ2v) is 4.03. The van der Waals surface area contributed by atoms with Gasteiger partial charge in [-0.1, -0.05) is 6.07 Å². The molecule has 2 rings (SSSR count). The normalized spacial score (nSPS) is 17.9. The van der Waals surface area contributed by atoms with Gasteiger partial charge >= 0.3 is 0 Å². The van der Waals surface area contributed by atoms with E-state index in [0.717, 1.165) is 31.7 Å². The van der Waals surface area contributed by atoms with E-state index in [1.54, 1.807) is 7.11 Å². The summed E-state index contributed by atoms with van der Waals surface area (Å²) in [5, 5.41) is 0. The Kier molecular flexibility index (Phi) is 3.11. The van der Waals surface area contributed by atoms with Crippen LogP contribution in [0.25, 0.3) is 0 Å². The smallest absolute Gasteiger partial charge is 0.120 e. The third-order valence-electron chi connectivity index (χ3n) is 2.96. The van der Waals surface area contributed by atoms with Crippen LogP contribution in [0.4, 0.5) is 5.69 Å². The van der Waals surface area contributed by atoms with Crippen molar-refractivity contribution in [3.63, 3.8) is 0 Å². The Balaban J connectivity index is 2.08. The zero-order valence-electron chi connectivity index (χ0n) is 9.15. The fraction of sp³-hybridized carbons (Fsp3) is 0.500. The first-order chi connectivity index (χ1) is 7.29. The molecule has 3 nitrogen and oxygen atoms in total. The summed E-state index contributed by atoms with van der Waals surface area (Å²) in [6.07, 6.45) is 2.16. The van der Waals surface area contributed by atoms with Crippen LogP contribution < -0.4 is 15.4 Å². The van der Waals surface area contributed by atoms with E-state index in [1.807, 2.05) is 12.1 Å². The van der Waals surface area contributed by atoms with Gasteiger partial charge in [-0.25, -0.2) is 0 Å². The largest absolute Gasteiger partial charge is 0.497 e. The van der Waals surface area contributed by atoms with Gasteiger partial charge in [0.15, 0.2) is 0 Å². The van der Waals surface area contributed by atoms with Gasteiger partial charge in [0.25, 0.3) is 0 Å². The fourth-order valence-corrected chi connectivity index (χ4v) is 1.96. The van der Waals surface area contributed by atoms with Crippen LogP contribution in [0.5, 0.6) is 5.75 Å². The highest BCUT2D eigenvalue weighted by atomic mass is 16.5. The maximum absolute atomic E-state index is 5.88. The maximum atomic E-state index is 5.88. The number of nitrogens with two attached hydrogens (primary N) is 1. The second-order valence-electron chi connectivity index (χ2n) is 4.03. The SMILES string of the molecule is COc1cccc(N2CCC(N)CC2)c1. The molecule has 1 aromatic rings. The molecule has 0 radical (unpaired) electrons. The molecule has 0 spiro atoms. The predicted molar refractivity (Wildman–Crippen MR) is 62.4 cm³/mol. The molecular formula is C12H18N2O. The van der Waals surface area contributed by atoms with Crippen LogP contribution in [0.2, 0.25) is 0 Å². The van der Waals surface area contributed by atoms with Crippen molar-refractivity contribution in [2.24, 2.45) is 5.73 Å². The summed E-state index contributed by atoms with van der Waals surface area (Å²) in [7, 11) is 1.70. The molecule has 0 bridgehead atoms. The summed E-state index contributed by atoms with van der Waals surface area (Å²) in [6, 6.07) is 8.59. The first-order valence-corrected chi connectivity index (χ1v) is 5.44. The van der Waals surface area contributed by atoms with Crippen LogP contribution in [0.1, 0.15) is 12.8 Å². The molecular weight excluding hydrogens is 188 g/mol. The van der Waals surface area contributed by atoms with Crippen molar-refractivity contribution in [2.75, 3.05) is 25.1 Å². The van der Waals surface area contributed by atoms with E-state index in [2.05, 4.69) is 17.0 Å². The number of nitrogens with zero attached hydrogens (tertiary/aromatic N) is 1. The first-order valence-electron chi connectivity index (χ1n) is 5.44. The van der Waals surface area contributed by atoms with Crippen molar-refractivity contribution >= 4 is 5.69 Å². The quantitative estimate of drug-likeness (QED) is 0.799. The molecule has 0 aliphatic carbocycles. The number of rotatable bonds is 2. The van der Waals surface area contributed by atoms with E-state index in [0.29, 0.717) is 6.04 Å². The van der Waals surface area contributed by atoms with Gasteiger partial charge in [0.2, 0.25) is 0 Å². The molecule has 1 heterocycles. The zero-order valence-corrected chi connectivity index (χ0v) is 9.15. The molecule has 15 heavy (non-hydrogen) atoms. The Morgan fingerprint density at radius 2 is 2.07 bits per heavy atom. The molecule has 1 saturated heterocycles. The fourth-order valence-electron chi connectivity index (χ4n) is 1.96. The number of hydrogen-bond donors (Lipinski definition) is 1. The standard InChI is InChI=1S/C12H18N2O/c1-15-12-4-2-3-11(9-12)14-7-5-10(13)6-8-14/h2-4,9-10H,5-8,13H2,1H3. The first kappa shape index (κ1) is 10.3. The lowest BCUT2D eigenvalue weighted by atomic mass is 10.1. The molecule has 3 heteroatoms. The molecule has 2 N–H and O–H groups in total. The van der Waals surface area contributed by atoms with Crippen LogP contribution in [0.15, 0.2) is 24.3 Å². The summed E-state index contributed by atoms with van der Waals surface area (Å²) in [4.78, 5) is 2.37. The lowest BCUT2D eigenvalue weighted by molar-refractivity contribution is 0.414. The van der Waals surface area contributed by atoms with Gasteiger partial charge < -0.3 is 15.4 Å². The van der Waals surface area contributed by atoms with Gasteiger partial charge in [-0.15, -0.1) is 0 Å². The lowest BCUT2D eigenvalue weighted by Gasteiger charge is -2.32. The molecule has 1 aromatic carbocycles. The second kappa shape index (κ2) is 4.53. The van der Waals surface area contributed by atoms with Crippen molar-refractivity contribution < 1.29 is 4.74 Å². The third kappa shape index (κ3) is 2.42.